The second kappa shape index (κ2) is 8.56. The number of anilines is 1. The smallest absolute Gasteiger partial charge is 0.370 e. The van der Waals surface area contributed by atoms with E-state index in [1.54, 1.807) is 0 Å². The molecule has 1 aliphatic rings. The average Bonchev–Trinajstić information content (AvgIpc) is 3.17. The average molecular weight is 375 g/mol. The van der Waals surface area contributed by atoms with Crippen LogP contribution in [-0.2, 0) is 11.0 Å². The Kier molecular flexibility index (Phi) is 8.09. The molecule has 1 aromatic rings. The van der Waals surface area contributed by atoms with Crippen molar-refractivity contribution in [1.29, 1.82) is 0 Å². The molecule has 0 aromatic carbocycles. The maximum atomic E-state index is 12.3. The molecular weight excluding hydrogens is 356 g/mol. The van der Waals surface area contributed by atoms with Gasteiger partial charge in [-0.25, -0.2) is 4.98 Å². The van der Waals surface area contributed by atoms with Crippen molar-refractivity contribution in [2.75, 3.05) is 18.4 Å². The molecule has 1 aromatic heterocycles. The topological polar surface area (TPSA) is 80.0 Å². The van der Waals surface area contributed by atoms with Crippen LogP contribution in [0.5, 0.6) is 0 Å². The molecule has 1 aliphatic carbocycles. The molecule has 0 atom stereocenters. The first-order valence-corrected chi connectivity index (χ1v) is 6.66. The first kappa shape index (κ1) is 21.8. The minimum Gasteiger partial charge on any atom is -0.370 e. The number of carbonyl (C=O) groups is 1. The lowest BCUT2D eigenvalue weighted by molar-refractivity contribution is -0.137. The van der Waals surface area contributed by atoms with Crippen molar-refractivity contribution in [2.24, 2.45) is 5.73 Å². The number of hydrogen-bond donors (Lipinski definition) is 3. The van der Waals surface area contributed by atoms with Gasteiger partial charge < -0.3 is 16.4 Å². The maximum absolute atomic E-state index is 12.3. The zero-order valence-corrected chi connectivity index (χ0v) is 13.8. The normalized spacial score (nSPS) is 15.0. The summed E-state index contributed by atoms with van der Waals surface area (Å²) in [5.74, 6) is 0.224. The molecule has 0 aliphatic heterocycles. The number of nitrogens with zero attached hydrogens (tertiary/aromatic N) is 1. The lowest BCUT2D eigenvalue weighted by Gasteiger charge is -2.11. The Balaban J connectivity index is 0.00000242. The van der Waals surface area contributed by atoms with Gasteiger partial charge in [0.2, 0.25) is 5.91 Å². The van der Waals surface area contributed by atoms with Gasteiger partial charge in [0.25, 0.3) is 0 Å². The molecule has 0 radical (unpaired) electrons. The monoisotopic (exact) mass is 374 g/mol. The van der Waals surface area contributed by atoms with Gasteiger partial charge >= 0.3 is 6.18 Å². The van der Waals surface area contributed by atoms with Gasteiger partial charge in [-0.3, -0.25) is 4.79 Å². The minimum atomic E-state index is -4.38. The fourth-order valence-corrected chi connectivity index (χ4v) is 1.71. The predicted octanol–water partition coefficient (Wildman–Crippen LogP) is 2.35. The fourth-order valence-electron chi connectivity index (χ4n) is 1.71. The number of hydrogen-bond acceptors (Lipinski definition) is 4. The van der Waals surface area contributed by atoms with E-state index in [0.29, 0.717) is 38.2 Å². The molecular formula is C13H19Cl2F3N4O. The zero-order chi connectivity index (χ0) is 15.5. The van der Waals surface area contributed by atoms with Gasteiger partial charge in [0.05, 0.1) is 11.1 Å². The van der Waals surface area contributed by atoms with E-state index in [-0.39, 0.29) is 30.7 Å². The van der Waals surface area contributed by atoms with E-state index in [9.17, 15) is 18.0 Å². The SMILES string of the molecule is Cl.Cl.NC1(C(=O)NCCCNc2ccc(C(F)(F)F)cn2)CC1. The van der Waals surface area contributed by atoms with Crippen molar-refractivity contribution in [2.45, 2.75) is 31.0 Å². The van der Waals surface area contributed by atoms with Gasteiger partial charge in [-0.2, -0.15) is 13.2 Å². The Bertz CT molecular complexity index is 507. The molecule has 0 bridgehead atoms. The summed E-state index contributed by atoms with van der Waals surface area (Å²) >= 11 is 0. The summed E-state index contributed by atoms with van der Waals surface area (Å²) in [7, 11) is 0. The van der Waals surface area contributed by atoms with Crippen LogP contribution in [0.15, 0.2) is 18.3 Å². The van der Waals surface area contributed by atoms with Gasteiger partial charge in [-0.05, 0) is 31.4 Å². The lowest BCUT2D eigenvalue weighted by Crippen LogP contribution is -2.43. The third-order valence-electron chi connectivity index (χ3n) is 3.28. The van der Waals surface area contributed by atoms with Crippen molar-refractivity contribution in [3.05, 3.63) is 23.9 Å². The summed E-state index contributed by atoms with van der Waals surface area (Å²) in [4.78, 5) is 15.2. The van der Waals surface area contributed by atoms with E-state index in [4.69, 9.17) is 5.73 Å². The largest absolute Gasteiger partial charge is 0.417 e. The molecule has 1 fully saturated rings. The van der Waals surface area contributed by atoms with E-state index in [1.807, 2.05) is 0 Å². The molecule has 2 rings (SSSR count). The van der Waals surface area contributed by atoms with Gasteiger partial charge in [0.15, 0.2) is 0 Å². The standard InChI is InChI=1S/C13H17F3N4O.2ClH/c14-13(15,16)9-2-3-10(20-8-9)18-6-1-7-19-11(21)12(17)4-5-12;;/h2-3,8H,1,4-7,17H2,(H,18,20)(H,19,21);2*1H. The first-order valence-electron chi connectivity index (χ1n) is 6.66. The summed E-state index contributed by atoms with van der Waals surface area (Å²) in [6.45, 7) is 0.960. The van der Waals surface area contributed by atoms with E-state index in [0.717, 1.165) is 12.3 Å². The summed E-state index contributed by atoms with van der Waals surface area (Å²) in [5, 5.41) is 5.62. The Hall–Kier alpha value is -1.25. The molecule has 10 heteroatoms. The van der Waals surface area contributed by atoms with E-state index < -0.39 is 17.3 Å². The van der Waals surface area contributed by atoms with Crippen LogP contribution in [0.25, 0.3) is 0 Å². The van der Waals surface area contributed by atoms with Crippen molar-refractivity contribution in [3.8, 4) is 0 Å². The molecule has 1 heterocycles. The van der Waals surface area contributed by atoms with Crippen molar-refractivity contribution in [3.63, 3.8) is 0 Å². The second-order valence-electron chi connectivity index (χ2n) is 5.12. The van der Waals surface area contributed by atoms with Gasteiger partial charge in [-0.15, -0.1) is 24.8 Å². The highest BCUT2D eigenvalue weighted by Gasteiger charge is 2.45. The predicted molar refractivity (Wildman–Crippen MR) is 86.0 cm³/mol. The fraction of sp³-hybridized carbons (Fsp3) is 0.538. The van der Waals surface area contributed by atoms with Crippen LogP contribution in [0.4, 0.5) is 19.0 Å². The maximum Gasteiger partial charge on any atom is 0.417 e. The van der Waals surface area contributed by atoms with Gasteiger partial charge in [0.1, 0.15) is 5.82 Å². The quantitative estimate of drug-likeness (QED) is 0.667. The van der Waals surface area contributed by atoms with Crippen LogP contribution < -0.4 is 16.4 Å². The summed E-state index contributed by atoms with van der Waals surface area (Å²) in [5.41, 5.74) is 4.26. The van der Waals surface area contributed by atoms with Crippen molar-refractivity contribution < 1.29 is 18.0 Å². The highest BCUT2D eigenvalue weighted by molar-refractivity contribution is 5.88. The molecule has 1 amide bonds. The molecule has 0 saturated heterocycles. The number of nitrogens with one attached hydrogen (secondary N) is 2. The van der Waals surface area contributed by atoms with Crippen LogP contribution in [0.3, 0.4) is 0 Å². The van der Waals surface area contributed by atoms with Crippen LogP contribution in [0.2, 0.25) is 0 Å². The molecule has 5 nitrogen and oxygen atoms in total. The number of pyridine rings is 1. The molecule has 4 N–H and O–H groups in total. The molecule has 1 saturated carbocycles. The van der Waals surface area contributed by atoms with Crippen molar-refractivity contribution >= 4 is 36.5 Å². The Morgan fingerprint density at radius 2 is 1.91 bits per heavy atom. The second-order valence-corrected chi connectivity index (χ2v) is 5.12. The third kappa shape index (κ3) is 6.40. The van der Waals surface area contributed by atoms with E-state index in [2.05, 4.69) is 15.6 Å². The van der Waals surface area contributed by atoms with E-state index in [1.165, 1.54) is 6.07 Å². The first-order chi connectivity index (χ1) is 9.81. The van der Waals surface area contributed by atoms with Crippen LogP contribution in [0.1, 0.15) is 24.8 Å². The van der Waals surface area contributed by atoms with Crippen LogP contribution in [-0.4, -0.2) is 29.5 Å². The molecule has 23 heavy (non-hydrogen) atoms. The number of nitrogens with two attached hydrogens (primary N) is 1. The molecule has 0 spiro atoms. The number of amides is 1. The number of halogens is 5. The summed E-state index contributed by atoms with van der Waals surface area (Å²) < 4.78 is 37.0. The zero-order valence-electron chi connectivity index (χ0n) is 12.2. The highest BCUT2D eigenvalue weighted by Crippen LogP contribution is 2.32. The van der Waals surface area contributed by atoms with Crippen LogP contribution >= 0.6 is 24.8 Å². The Morgan fingerprint density at radius 1 is 1.26 bits per heavy atom. The minimum absolute atomic E-state index is 0. The molecule has 132 valence electrons. The lowest BCUT2D eigenvalue weighted by atomic mass is 10.2. The third-order valence-corrected chi connectivity index (χ3v) is 3.28. The number of rotatable bonds is 6. The van der Waals surface area contributed by atoms with Crippen molar-refractivity contribution in [1.82, 2.24) is 10.3 Å². The highest BCUT2D eigenvalue weighted by atomic mass is 35.5. The number of aromatic nitrogens is 1. The number of carbonyl (C=O) groups excluding carboxylic acids is 1. The van der Waals surface area contributed by atoms with Crippen LogP contribution in [0, 0.1) is 0 Å². The Labute approximate surface area is 144 Å². The van der Waals surface area contributed by atoms with E-state index >= 15 is 0 Å². The summed E-state index contributed by atoms with van der Waals surface area (Å²) in [6.07, 6.45) is -1.53. The van der Waals surface area contributed by atoms with Gasteiger partial charge in [-0.1, -0.05) is 0 Å². The molecule has 0 unspecified atom stereocenters. The number of alkyl halides is 3. The Morgan fingerprint density at radius 3 is 2.39 bits per heavy atom. The summed E-state index contributed by atoms with van der Waals surface area (Å²) in [6, 6.07) is 2.25. The van der Waals surface area contributed by atoms with Gasteiger partial charge in [0, 0.05) is 19.3 Å².